The van der Waals surface area contributed by atoms with Crippen molar-refractivity contribution in [3.05, 3.63) is 66.2 Å². The summed E-state index contributed by atoms with van der Waals surface area (Å²) in [5, 5.41) is 4.04. The predicted octanol–water partition coefficient (Wildman–Crippen LogP) is 2.93. The van der Waals surface area contributed by atoms with Crippen LogP contribution in [0.5, 0.6) is 0 Å². The van der Waals surface area contributed by atoms with Crippen molar-refractivity contribution in [1.29, 1.82) is 0 Å². The molecule has 3 aromatic rings. The Balaban J connectivity index is 1.32. The fourth-order valence-electron chi connectivity index (χ4n) is 3.51. The van der Waals surface area contributed by atoms with Gasteiger partial charge in [-0.05, 0) is 30.5 Å². The third kappa shape index (κ3) is 4.09. The topological polar surface area (TPSA) is 98.1 Å². The van der Waals surface area contributed by atoms with E-state index < -0.39 is 0 Å². The summed E-state index contributed by atoms with van der Waals surface area (Å²) < 4.78 is 5.45. The lowest BCUT2D eigenvalue weighted by Crippen LogP contribution is -2.39. The zero-order chi connectivity index (χ0) is 19.3. The van der Waals surface area contributed by atoms with Crippen molar-refractivity contribution in [2.24, 2.45) is 5.73 Å². The molecule has 7 nitrogen and oxygen atoms in total. The molecule has 0 bridgehead atoms. The van der Waals surface area contributed by atoms with Gasteiger partial charge in [-0.3, -0.25) is 9.78 Å². The van der Waals surface area contributed by atoms with E-state index >= 15 is 0 Å². The molecule has 2 N–H and O–H groups in total. The number of benzene rings is 1. The first-order valence-electron chi connectivity index (χ1n) is 9.54. The molecule has 0 aliphatic carbocycles. The molecule has 1 aromatic carbocycles. The Labute approximate surface area is 163 Å². The maximum atomic E-state index is 12.6. The summed E-state index contributed by atoms with van der Waals surface area (Å²) in [6, 6.07) is 15.1. The molecular weight excluding hydrogens is 354 g/mol. The number of carbonyl (C=O) groups excluding carboxylic acids is 1. The molecule has 1 aliphatic heterocycles. The van der Waals surface area contributed by atoms with Crippen LogP contribution < -0.4 is 5.73 Å². The zero-order valence-electron chi connectivity index (χ0n) is 15.6. The summed E-state index contributed by atoms with van der Waals surface area (Å²) >= 11 is 0. The lowest BCUT2D eigenvalue weighted by molar-refractivity contribution is -0.132. The van der Waals surface area contributed by atoms with E-state index in [1.165, 1.54) is 0 Å². The number of carbonyl (C=O) groups is 1. The quantitative estimate of drug-likeness (QED) is 0.734. The van der Waals surface area contributed by atoms with Crippen LogP contribution in [-0.4, -0.2) is 39.0 Å². The highest BCUT2D eigenvalue weighted by Crippen LogP contribution is 2.29. The third-order valence-corrected chi connectivity index (χ3v) is 5.15. The van der Waals surface area contributed by atoms with Gasteiger partial charge in [0.2, 0.25) is 17.6 Å². The Morgan fingerprint density at radius 2 is 1.89 bits per heavy atom. The van der Waals surface area contributed by atoms with Gasteiger partial charge in [0.25, 0.3) is 0 Å². The third-order valence-electron chi connectivity index (χ3n) is 5.15. The molecule has 3 heterocycles. The monoisotopic (exact) mass is 377 g/mol. The number of hydrogen-bond acceptors (Lipinski definition) is 6. The van der Waals surface area contributed by atoms with Crippen LogP contribution in [0.2, 0.25) is 0 Å². The molecule has 1 unspecified atom stereocenters. The SMILES string of the molecule is NC(CC(=O)N1CCC(c2nc(-c3ccccn3)no2)CC1)c1ccccc1. The van der Waals surface area contributed by atoms with Crippen LogP contribution in [0.4, 0.5) is 0 Å². The van der Waals surface area contributed by atoms with Gasteiger partial charge in [0.05, 0.1) is 0 Å². The number of hydrogen-bond donors (Lipinski definition) is 1. The van der Waals surface area contributed by atoms with Crippen molar-refractivity contribution < 1.29 is 9.32 Å². The molecule has 1 aliphatic rings. The maximum Gasteiger partial charge on any atom is 0.230 e. The minimum absolute atomic E-state index is 0.0921. The molecule has 7 heteroatoms. The van der Waals surface area contributed by atoms with Crippen molar-refractivity contribution in [3.63, 3.8) is 0 Å². The summed E-state index contributed by atoms with van der Waals surface area (Å²) in [6.45, 7) is 1.35. The van der Waals surface area contributed by atoms with Crippen molar-refractivity contribution in [2.75, 3.05) is 13.1 Å². The van der Waals surface area contributed by atoms with Gasteiger partial charge in [-0.2, -0.15) is 4.98 Å². The average Bonchev–Trinajstić information content (AvgIpc) is 3.25. The summed E-state index contributed by atoms with van der Waals surface area (Å²) in [6.07, 6.45) is 3.63. The largest absolute Gasteiger partial charge is 0.343 e. The number of nitrogens with two attached hydrogens (primary N) is 1. The Bertz CT molecular complexity index is 905. The van der Waals surface area contributed by atoms with Crippen molar-refractivity contribution in [2.45, 2.75) is 31.2 Å². The molecule has 0 radical (unpaired) electrons. The number of piperidine rings is 1. The maximum absolute atomic E-state index is 12.6. The van der Waals surface area contributed by atoms with Crippen LogP contribution in [0.1, 0.15) is 42.7 Å². The van der Waals surface area contributed by atoms with Crippen LogP contribution in [0.3, 0.4) is 0 Å². The highest BCUT2D eigenvalue weighted by molar-refractivity contribution is 5.77. The van der Waals surface area contributed by atoms with Gasteiger partial charge in [0.1, 0.15) is 5.69 Å². The van der Waals surface area contributed by atoms with Crippen LogP contribution in [-0.2, 0) is 4.79 Å². The van der Waals surface area contributed by atoms with Gasteiger partial charge in [0, 0.05) is 37.7 Å². The van der Waals surface area contributed by atoms with E-state index in [4.69, 9.17) is 10.3 Å². The molecule has 4 rings (SSSR count). The van der Waals surface area contributed by atoms with Gasteiger partial charge >= 0.3 is 0 Å². The fourth-order valence-corrected chi connectivity index (χ4v) is 3.51. The van der Waals surface area contributed by atoms with Crippen LogP contribution in [0.15, 0.2) is 59.3 Å². The van der Waals surface area contributed by atoms with Crippen LogP contribution in [0.25, 0.3) is 11.5 Å². The van der Waals surface area contributed by atoms with Gasteiger partial charge in [0.15, 0.2) is 0 Å². The van der Waals surface area contributed by atoms with Crippen molar-refractivity contribution in [1.82, 2.24) is 20.0 Å². The standard InChI is InChI=1S/C21H23N5O2/c22-17(15-6-2-1-3-7-15)14-19(27)26-12-9-16(10-13-26)21-24-20(25-28-21)18-8-4-5-11-23-18/h1-8,11,16-17H,9-10,12-14,22H2. The Hall–Kier alpha value is -3.06. The fraction of sp³-hybridized carbons (Fsp3) is 0.333. The number of aromatic nitrogens is 3. The molecule has 2 aromatic heterocycles. The molecule has 0 saturated carbocycles. The van der Waals surface area contributed by atoms with Gasteiger partial charge < -0.3 is 15.2 Å². The van der Waals surface area contributed by atoms with E-state index in [0.717, 1.165) is 18.4 Å². The first-order chi connectivity index (χ1) is 13.7. The average molecular weight is 377 g/mol. The number of pyridine rings is 1. The molecule has 1 fully saturated rings. The normalized spacial score (nSPS) is 16.1. The molecule has 1 atom stereocenters. The summed E-state index contributed by atoms with van der Waals surface area (Å²) in [4.78, 5) is 23.2. The lowest BCUT2D eigenvalue weighted by Gasteiger charge is -2.31. The van der Waals surface area contributed by atoms with E-state index in [-0.39, 0.29) is 17.9 Å². The van der Waals surface area contributed by atoms with E-state index in [1.807, 2.05) is 53.4 Å². The van der Waals surface area contributed by atoms with Gasteiger partial charge in [-0.15, -0.1) is 0 Å². The molecule has 28 heavy (non-hydrogen) atoms. The molecule has 1 saturated heterocycles. The summed E-state index contributed by atoms with van der Waals surface area (Å²) in [5.41, 5.74) is 7.87. The molecule has 144 valence electrons. The van der Waals surface area contributed by atoms with Crippen molar-refractivity contribution in [3.8, 4) is 11.5 Å². The number of rotatable bonds is 5. The second kappa shape index (κ2) is 8.31. The molecular formula is C21H23N5O2. The minimum Gasteiger partial charge on any atom is -0.343 e. The lowest BCUT2D eigenvalue weighted by atomic mass is 9.96. The van der Waals surface area contributed by atoms with Gasteiger partial charge in [-0.1, -0.05) is 41.6 Å². The highest BCUT2D eigenvalue weighted by atomic mass is 16.5. The number of nitrogens with zero attached hydrogens (tertiary/aromatic N) is 4. The number of amides is 1. The zero-order valence-corrected chi connectivity index (χ0v) is 15.6. The summed E-state index contributed by atoms with van der Waals surface area (Å²) in [5.74, 6) is 1.38. The van der Waals surface area contributed by atoms with Gasteiger partial charge in [-0.25, -0.2) is 0 Å². The van der Waals surface area contributed by atoms with E-state index in [0.29, 0.717) is 36.9 Å². The second-order valence-electron chi connectivity index (χ2n) is 7.05. The van der Waals surface area contributed by atoms with E-state index in [9.17, 15) is 4.79 Å². The first-order valence-corrected chi connectivity index (χ1v) is 9.54. The Kier molecular flexibility index (Phi) is 5.43. The van der Waals surface area contributed by atoms with Crippen LogP contribution >= 0.6 is 0 Å². The highest BCUT2D eigenvalue weighted by Gasteiger charge is 2.28. The molecule has 0 spiro atoms. The smallest absolute Gasteiger partial charge is 0.230 e. The second-order valence-corrected chi connectivity index (χ2v) is 7.05. The number of likely N-dealkylation sites (tertiary alicyclic amines) is 1. The van der Waals surface area contributed by atoms with Crippen molar-refractivity contribution >= 4 is 5.91 Å². The Morgan fingerprint density at radius 1 is 1.14 bits per heavy atom. The van der Waals surface area contributed by atoms with Crippen LogP contribution in [0, 0.1) is 0 Å². The van der Waals surface area contributed by atoms with E-state index in [1.54, 1.807) is 6.20 Å². The predicted molar refractivity (Wildman–Crippen MR) is 104 cm³/mol. The van der Waals surface area contributed by atoms with E-state index in [2.05, 4.69) is 15.1 Å². The Morgan fingerprint density at radius 3 is 2.61 bits per heavy atom. The molecule has 1 amide bonds. The summed E-state index contributed by atoms with van der Waals surface area (Å²) in [7, 11) is 0. The first kappa shape index (κ1) is 18.3. The minimum atomic E-state index is -0.275.